The molecule has 0 unspecified atom stereocenters. The lowest BCUT2D eigenvalue weighted by Crippen LogP contribution is -2.58. The van der Waals surface area contributed by atoms with Gasteiger partial charge in [0.1, 0.15) is 5.60 Å². The van der Waals surface area contributed by atoms with Crippen LogP contribution in [0.1, 0.15) is 38.5 Å². The van der Waals surface area contributed by atoms with E-state index < -0.39 is 0 Å². The van der Waals surface area contributed by atoms with E-state index in [1.165, 1.54) is 38.5 Å². The zero-order valence-electron chi connectivity index (χ0n) is 9.52. The fraction of sp³-hybridized carbons (Fsp3) is 0.643. The van der Waals surface area contributed by atoms with Gasteiger partial charge in [-0.05, 0) is 37.1 Å². The lowest BCUT2D eigenvalue weighted by atomic mass is 9.70. The van der Waals surface area contributed by atoms with Crippen LogP contribution in [-0.2, 0) is 9.53 Å². The number of allylic oxidation sites excluding steroid dienone is 2. The molecule has 0 aromatic rings. The van der Waals surface area contributed by atoms with E-state index in [-0.39, 0.29) is 11.4 Å². The molecule has 0 aromatic heterocycles. The van der Waals surface area contributed by atoms with Crippen LogP contribution >= 0.6 is 0 Å². The Morgan fingerprint density at radius 3 is 2.50 bits per heavy atom. The molecule has 0 bridgehead atoms. The first-order valence-electron chi connectivity index (χ1n) is 6.40. The summed E-state index contributed by atoms with van der Waals surface area (Å²) in [5.74, 6) is 0.692. The molecule has 3 rings (SSSR count). The molecule has 1 saturated carbocycles. The van der Waals surface area contributed by atoms with Gasteiger partial charge in [0.25, 0.3) is 0 Å². The van der Waals surface area contributed by atoms with Crippen molar-refractivity contribution in [3.8, 4) is 0 Å². The second kappa shape index (κ2) is 3.85. The van der Waals surface area contributed by atoms with Crippen molar-refractivity contribution in [2.24, 2.45) is 5.92 Å². The van der Waals surface area contributed by atoms with Gasteiger partial charge in [0, 0.05) is 5.92 Å². The SMILES string of the molecule is O=C1C=CC2(C=C1)O[C@@H]1CCCCCC[C@@H]12. The molecule has 0 N–H and O–H groups in total. The molecule has 1 heterocycles. The second-order valence-electron chi connectivity index (χ2n) is 5.18. The lowest BCUT2D eigenvalue weighted by Gasteiger charge is -2.54. The van der Waals surface area contributed by atoms with Gasteiger partial charge >= 0.3 is 0 Å². The molecule has 86 valence electrons. The Morgan fingerprint density at radius 1 is 1.06 bits per heavy atom. The number of ketones is 1. The molecule has 1 saturated heterocycles. The van der Waals surface area contributed by atoms with Gasteiger partial charge in [-0.2, -0.15) is 0 Å². The van der Waals surface area contributed by atoms with Gasteiger partial charge in [0.15, 0.2) is 5.78 Å². The molecule has 0 radical (unpaired) electrons. The lowest BCUT2D eigenvalue weighted by molar-refractivity contribution is -0.215. The van der Waals surface area contributed by atoms with E-state index >= 15 is 0 Å². The van der Waals surface area contributed by atoms with Crippen LogP contribution in [0.3, 0.4) is 0 Å². The molecule has 0 aromatic carbocycles. The third-order valence-corrected chi connectivity index (χ3v) is 4.15. The zero-order chi connectivity index (χ0) is 11.0. The molecule has 3 aliphatic rings. The molecule has 0 amide bonds. The normalized spacial score (nSPS) is 36.4. The highest BCUT2D eigenvalue weighted by Crippen LogP contribution is 2.48. The smallest absolute Gasteiger partial charge is 0.178 e. The summed E-state index contributed by atoms with van der Waals surface area (Å²) in [5.41, 5.74) is -0.226. The summed E-state index contributed by atoms with van der Waals surface area (Å²) in [4.78, 5) is 11.1. The molecule has 16 heavy (non-hydrogen) atoms. The van der Waals surface area contributed by atoms with Gasteiger partial charge in [-0.15, -0.1) is 0 Å². The van der Waals surface area contributed by atoms with Crippen molar-refractivity contribution in [3.05, 3.63) is 24.3 Å². The monoisotopic (exact) mass is 218 g/mol. The summed E-state index contributed by atoms with van der Waals surface area (Å²) < 4.78 is 6.03. The van der Waals surface area contributed by atoms with Crippen LogP contribution in [-0.4, -0.2) is 17.5 Å². The maximum Gasteiger partial charge on any atom is 0.178 e. The van der Waals surface area contributed by atoms with E-state index in [9.17, 15) is 4.79 Å². The Kier molecular flexibility index (Phi) is 2.47. The summed E-state index contributed by atoms with van der Waals surface area (Å²) in [5, 5.41) is 0. The Labute approximate surface area is 96.4 Å². The molecule has 2 aliphatic carbocycles. The van der Waals surface area contributed by atoms with Crippen molar-refractivity contribution >= 4 is 5.78 Å². The van der Waals surface area contributed by atoms with E-state index in [0.29, 0.717) is 12.0 Å². The summed E-state index contributed by atoms with van der Waals surface area (Å²) in [6.45, 7) is 0. The molecule has 2 heteroatoms. The molecular formula is C14H18O2. The molecule has 2 fully saturated rings. The number of carbonyl (C=O) groups is 1. The largest absolute Gasteiger partial charge is 0.363 e. The Hall–Kier alpha value is -0.890. The summed E-state index contributed by atoms with van der Waals surface area (Å²) in [6, 6.07) is 0. The minimum absolute atomic E-state index is 0.0866. The third kappa shape index (κ3) is 1.56. The van der Waals surface area contributed by atoms with Crippen molar-refractivity contribution in [1.82, 2.24) is 0 Å². The second-order valence-corrected chi connectivity index (χ2v) is 5.18. The van der Waals surface area contributed by atoms with Crippen LogP contribution in [0.4, 0.5) is 0 Å². The highest BCUT2D eigenvalue weighted by atomic mass is 16.5. The molecule has 1 spiro atoms. The average Bonchev–Trinajstić information content (AvgIpc) is 2.25. The van der Waals surface area contributed by atoms with Crippen molar-refractivity contribution in [1.29, 1.82) is 0 Å². The summed E-state index contributed by atoms with van der Waals surface area (Å²) >= 11 is 0. The van der Waals surface area contributed by atoms with Crippen molar-refractivity contribution in [2.75, 3.05) is 0 Å². The van der Waals surface area contributed by atoms with Gasteiger partial charge in [0.2, 0.25) is 0 Å². The first-order valence-corrected chi connectivity index (χ1v) is 6.40. The maximum absolute atomic E-state index is 11.1. The van der Waals surface area contributed by atoms with Gasteiger partial charge in [0.05, 0.1) is 6.10 Å². The van der Waals surface area contributed by atoms with Crippen LogP contribution < -0.4 is 0 Å². The number of ether oxygens (including phenoxy) is 1. The quantitative estimate of drug-likeness (QED) is 0.625. The predicted octanol–water partition coefficient (Wildman–Crippen LogP) is 2.79. The number of rotatable bonds is 0. The average molecular weight is 218 g/mol. The van der Waals surface area contributed by atoms with E-state index in [2.05, 4.69) is 0 Å². The van der Waals surface area contributed by atoms with Crippen LogP contribution in [0.25, 0.3) is 0 Å². The molecule has 1 aliphatic heterocycles. The van der Waals surface area contributed by atoms with E-state index in [1.54, 1.807) is 12.2 Å². The van der Waals surface area contributed by atoms with Gasteiger partial charge in [-0.3, -0.25) is 4.79 Å². The third-order valence-electron chi connectivity index (χ3n) is 4.15. The van der Waals surface area contributed by atoms with E-state index in [1.807, 2.05) is 12.2 Å². The number of hydrogen-bond acceptors (Lipinski definition) is 2. The highest BCUT2D eigenvalue weighted by molar-refractivity contribution is 6.00. The van der Waals surface area contributed by atoms with Crippen LogP contribution in [0.5, 0.6) is 0 Å². The topological polar surface area (TPSA) is 26.3 Å². The van der Waals surface area contributed by atoms with E-state index in [4.69, 9.17) is 4.74 Å². The maximum atomic E-state index is 11.1. The molecular weight excluding hydrogens is 200 g/mol. The zero-order valence-corrected chi connectivity index (χ0v) is 9.52. The number of carbonyl (C=O) groups excluding carboxylic acids is 1. The Bertz CT molecular complexity index is 338. The minimum atomic E-state index is -0.226. The number of fused-ring (bicyclic) bond motifs is 2. The fourth-order valence-electron chi connectivity index (χ4n) is 3.25. The summed E-state index contributed by atoms with van der Waals surface area (Å²) in [7, 11) is 0. The van der Waals surface area contributed by atoms with Crippen LogP contribution in [0, 0.1) is 5.92 Å². The highest BCUT2D eigenvalue weighted by Gasteiger charge is 2.52. The van der Waals surface area contributed by atoms with Crippen LogP contribution in [0.15, 0.2) is 24.3 Å². The van der Waals surface area contributed by atoms with Crippen molar-refractivity contribution in [3.63, 3.8) is 0 Å². The van der Waals surface area contributed by atoms with Crippen molar-refractivity contribution < 1.29 is 9.53 Å². The number of hydrogen-bond donors (Lipinski definition) is 0. The standard InChI is InChI=1S/C14H18O2/c15-11-7-9-14(10-8-11)12-5-3-1-2-4-6-13(12)16-14/h7-10,12-13H,1-6H2/t12-,13+/m0/s1. The molecule has 2 atom stereocenters. The van der Waals surface area contributed by atoms with Gasteiger partial charge in [-0.1, -0.05) is 25.7 Å². The predicted molar refractivity (Wildman–Crippen MR) is 62.1 cm³/mol. The first kappa shape index (κ1) is 10.3. The minimum Gasteiger partial charge on any atom is -0.363 e. The van der Waals surface area contributed by atoms with Crippen LogP contribution in [0.2, 0.25) is 0 Å². The van der Waals surface area contributed by atoms with E-state index in [0.717, 1.165) is 0 Å². The van der Waals surface area contributed by atoms with Gasteiger partial charge in [-0.25, -0.2) is 0 Å². The van der Waals surface area contributed by atoms with Crippen molar-refractivity contribution in [2.45, 2.75) is 50.2 Å². The fourth-order valence-corrected chi connectivity index (χ4v) is 3.25. The Balaban J connectivity index is 1.77. The first-order chi connectivity index (χ1) is 7.80. The molecule has 2 nitrogen and oxygen atoms in total. The Morgan fingerprint density at radius 2 is 1.75 bits per heavy atom. The summed E-state index contributed by atoms with van der Waals surface area (Å²) in [6.07, 6.45) is 15.4. The van der Waals surface area contributed by atoms with Gasteiger partial charge < -0.3 is 4.74 Å².